The van der Waals surface area contributed by atoms with Crippen LogP contribution in [0.4, 0.5) is 5.69 Å². The molecule has 4 heteroatoms. The molecule has 1 radical (unpaired) electrons. The van der Waals surface area contributed by atoms with Crippen molar-refractivity contribution < 1.29 is 10.1 Å². The average Bonchev–Trinajstić information content (AvgIpc) is 2.40. The van der Waals surface area contributed by atoms with Crippen molar-refractivity contribution in [2.45, 2.75) is 6.42 Å². The molecule has 0 aliphatic carbocycles. The summed E-state index contributed by atoms with van der Waals surface area (Å²) in [5, 5.41) is 8.95. The van der Waals surface area contributed by atoms with E-state index in [1.807, 2.05) is 30.4 Å². The van der Waals surface area contributed by atoms with Crippen molar-refractivity contribution in [1.82, 2.24) is 4.99 Å². The minimum atomic E-state index is -0.125. The van der Waals surface area contributed by atoms with Gasteiger partial charge in [-0.1, -0.05) is 24.3 Å². The number of hydrogen-bond acceptors (Lipinski definition) is 2. The van der Waals surface area contributed by atoms with Gasteiger partial charge in [-0.15, -0.1) is 0 Å². The third-order valence-electron chi connectivity index (χ3n) is 2.49. The van der Waals surface area contributed by atoms with Crippen LogP contribution < -0.4 is 4.99 Å². The van der Waals surface area contributed by atoms with Gasteiger partial charge in [-0.05, 0) is 12.1 Å². The highest BCUT2D eigenvalue weighted by molar-refractivity contribution is 5.73. The van der Waals surface area contributed by atoms with Crippen molar-refractivity contribution in [3.05, 3.63) is 64.7 Å². The number of nitrogens with zero attached hydrogens (tertiary/aromatic N) is 2. The molecular weight excluding hydrogens is 228 g/mol. The van der Waals surface area contributed by atoms with Crippen molar-refractivity contribution in [3.8, 4) is 0 Å². The minimum Gasteiger partial charge on any atom is -0.241 e. The summed E-state index contributed by atoms with van der Waals surface area (Å²) in [6, 6.07) is 6.85. The third-order valence-corrected chi connectivity index (χ3v) is 2.49. The first kappa shape index (κ1) is 12.0. The zero-order chi connectivity index (χ0) is 12.8. The zero-order valence-corrected chi connectivity index (χ0v) is 9.73. The second-order valence-electron chi connectivity index (χ2n) is 3.76. The summed E-state index contributed by atoms with van der Waals surface area (Å²) >= 11 is 0. The SMILES string of the molecule is O=[N+](O)c1ccccc1C=CCC1=CC=CC=[N+]1. The number of allylic oxidation sites excluding steroid dienone is 4. The van der Waals surface area contributed by atoms with Crippen LogP contribution >= 0.6 is 0 Å². The highest BCUT2D eigenvalue weighted by Crippen LogP contribution is 2.19. The summed E-state index contributed by atoms with van der Waals surface area (Å²) in [5.74, 6) is 0. The molecule has 0 amide bonds. The maximum atomic E-state index is 10.9. The Labute approximate surface area is 105 Å². The maximum absolute atomic E-state index is 10.9. The number of rotatable bonds is 4. The predicted octanol–water partition coefficient (Wildman–Crippen LogP) is 2.75. The second-order valence-corrected chi connectivity index (χ2v) is 3.76. The number of benzene rings is 1. The Hall–Kier alpha value is -2.49. The number of aliphatic imine (C=N–C) groups is 1. The summed E-state index contributed by atoms with van der Waals surface area (Å²) in [6.45, 7) is 0. The van der Waals surface area contributed by atoms with E-state index in [0.717, 1.165) is 5.70 Å². The lowest BCUT2D eigenvalue weighted by Gasteiger charge is -1.92. The van der Waals surface area contributed by atoms with Crippen molar-refractivity contribution in [1.29, 1.82) is 0 Å². The van der Waals surface area contributed by atoms with Gasteiger partial charge in [-0.2, -0.15) is 0 Å². The molecule has 0 fully saturated rings. The molecule has 0 saturated carbocycles. The number of para-hydroxylation sites is 1. The summed E-state index contributed by atoms with van der Waals surface area (Å²) in [6.07, 6.45) is 11.8. The van der Waals surface area contributed by atoms with Crippen molar-refractivity contribution >= 4 is 18.0 Å². The van der Waals surface area contributed by atoms with E-state index in [2.05, 4.69) is 4.99 Å². The second kappa shape index (κ2) is 5.72. The predicted molar refractivity (Wildman–Crippen MR) is 70.6 cm³/mol. The van der Waals surface area contributed by atoms with E-state index in [-0.39, 0.29) is 10.6 Å². The third kappa shape index (κ3) is 3.01. The van der Waals surface area contributed by atoms with Gasteiger partial charge in [-0.3, -0.25) is 0 Å². The van der Waals surface area contributed by atoms with Gasteiger partial charge in [0.15, 0.2) is 0 Å². The Kier molecular flexibility index (Phi) is 3.81. The van der Waals surface area contributed by atoms with E-state index < -0.39 is 0 Å². The lowest BCUT2D eigenvalue weighted by molar-refractivity contribution is -0.729. The van der Waals surface area contributed by atoms with E-state index >= 15 is 0 Å². The molecule has 1 aromatic carbocycles. The Morgan fingerprint density at radius 1 is 1.28 bits per heavy atom. The summed E-state index contributed by atoms with van der Waals surface area (Å²) < 4.78 is 0. The van der Waals surface area contributed by atoms with Crippen LogP contribution in [0.25, 0.3) is 6.08 Å². The molecule has 1 aliphatic heterocycles. The minimum absolute atomic E-state index is 0.125. The first-order valence-corrected chi connectivity index (χ1v) is 5.59. The molecule has 1 aliphatic rings. The van der Waals surface area contributed by atoms with E-state index in [4.69, 9.17) is 5.21 Å². The van der Waals surface area contributed by atoms with Gasteiger partial charge < -0.3 is 0 Å². The van der Waals surface area contributed by atoms with Gasteiger partial charge in [0, 0.05) is 18.2 Å². The fourth-order valence-electron chi connectivity index (χ4n) is 1.63. The highest BCUT2D eigenvalue weighted by Gasteiger charge is 2.15. The molecule has 2 rings (SSSR count). The van der Waals surface area contributed by atoms with Crippen LogP contribution in [0.1, 0.15) is 12.0 Å². The topological polar surface area (TPSA) is 54.4 Å². The quantitative estimate of drug-likeness (QED) is 0.824. The molecule has 18 heavy (non-hydrogen) atoms. The smallest absolute Gasteiger partial charge is 0.241 e. The molecule has 0 atom stereocenters. The molecular formula is C14H13N2O2+2. The van der Waals surface area contributed by atoms with Crippen LogP contribution in [0, 0.1) is 4.91 Å². The van der Waals surface area contributed by atoms with E-state index in [1.165, 1.54) is 0 Å². The van der Waals surface area contributed by atoms with Gasteiger partial charge in [0.1, 0.15) is 0 Å². The van der Waals surface area contributed by atoms with Crippen LogP contribution in [-0.4, -0.2) is 16.3 Å². The molecule has 1 aromatic rings. The maximum Gasteiger partial charge on any atom is 0.323 e. The molecule has 89 valence electrons. The van der Waals surface area contributed by atoms with Crippen LogP contribution in [0.3, 0.4) is 0 Å². The van der Waals surface area contributed by atoms with E-state index in [1.54, 1.807) is 30.5 Å². The van der Waals surface area contributed by atoms with Crippen molar-refractivity contribution in [2.24, 2.45) is 0 Å². The Morgan fingerprint density at radius 3 is 2.83 bits per heavy atom. The highest BCUT2D eigenvalue weighted by atomic mass is 16.6. The molecule has 4 nitrogen and oxygen atoms in total. The first-order valence-electron chi connectivity index (χ1n) is 5.59. The molecule has 1 heterocycles. The van der Waals surface area contributed by atoms with Crippen LogP contribution in [0.2, 0.25) is 0 Å². The van der Waals surface area contributed by atoms with Gasteiger partial charge in [0.05, 0.1) is 21.9 Å². The summed E-state index contributed by atoms with van der Waals surface area (Å²) in [4.78, 5) is 15.0. The average molecular weight is 241 g/mol. The largest absolute Gasteiger partial charge is 0.323 e. The lowest BCUT2D eigenvalue weighted by atomic mass is 10.1. The van der Waals surface area contributed by atoms with Gasteiger partial charge in [0.25, 0.3) is 10.6 Å². The van der Waals surface area contributed by atoms with Crippen LogP contribution in [-0.2, 0) is 0 Å². The van der Waals surface area contributed by atoms with Crippen LogP contribution in [0.15, 0.2) is 54.3 Å². The Balaban J connectivity index is 2.10. The van der Waals surface area contributed by atoms with Crippen molar-refractivity contribution in [2.75, 3.05) is 0 Å². The molecule has 0 aromatic heterocycles. The molecule has 0 spiro atoms. The monoisotopic (exact) mass is 241 g/mol. The molecule has 0 saturated heterocycles. The fraction of sp³-hybridized carbons (Fsp3) is 0.0714. The summed E-state index contributed by atoms with van der Waals surface area (Å²) in [7, 11) is 0. The summed E-state index contributed by atoms with van der Waals surface area (Å²) in [5.41, 5.74) is 1.86. The van der Waals surface area contributed by atoms with Crippen LogP contribution in [0.5, 0.6) is 0 Å². The molecule has 1 N–H and O–H groups in total. The van der Waals surface area contributed by atoms with E-state index in [9.17, 15) is 4.91 Å². The van der Waals surface area contributed by atoms with Gasteiger partial charge in [-0.25, -0.2) is 5.21 Å². The Morgan fingerprint density at radius 2 is 2.11 bits per heavy atom. The number of hydrogen-bond donors (Lipinski definition) is 1. The Bertz CT molecular complexity index is 569. The zero-order valence-electron chi connectivity index (χ0n) is 9.73. The molecule has 0 bridgehead atoms. The van der Waals surface area contributed by atoms with E-state index in [0.29, 0.717) is 12.0 Å². The fourth-order valence-corrected chi connectivity index (χ4v) is 1.63. The van der Waals surface area contributed by atoms with Gasteiger partial charge >= 0.3 is 5.69 Å². The normalized spacial score (nSPS) is 13.9. The standard InChI is InChI=1S/C14H13N2O2/c17-16(18)14-10-2-1-6-12(14)7-5-9-13-8-3-4-11-15-13/h1-8,10-11H,9H2,(H,17,18)/q+2. The first-order chi connectivity index (χ1) is 8.77. The van der Waals surface area contributed by atoms with Gasteiger partial charge in [0.2, 0.25) is 6.21 Å². The molecule has 0 unspecified atom stereocenters. The lowest BCUT2D eigenvalue weighted by Crippen LogP contribution is -1.95. The van der Waals surface area contributed by atoms with Crippen molar-refractivity contribution in [3.63, 3.8) is 0 Å².